The Balaban J connectivity index is -0.000000000833. The summed E-state index contributed by atoms with van der Waals surface area (Å²) >= 11 is 2.83. The molecule has 0 fully saturated rings. The summed E-state index contributed by atoms with van der Waals surface area (Å²) in [6.07, 6.45) is 0. The highest BCUT2D eigenvalue weighted by atomic mass is 32.1. The Kier molecular flexibility index (Phi) is 38500. The molecule has 6 heavy (non-hydrogen) atoms. The quantitative estimate of drug-likeness (QED) is 0.436. The van der Waals surface area contributed by atoms with Crippen molar-refractivity contribution in [2.45, 2.75) is 0 Å². The summed E-state index contributed by atoms with van der Waals surface area (Å²) in [6, 6.07) is 0. The van der Waals surface area contributed by atoms with Crippen LogP contribution in [0.3, 0.4) is 0 Å². The molecular weight excluding hydrogens is 124 g/mol. The highest BCUT2D eigenvalue weighted by molar-refractivity contribution is 7.44. The van der Waals surface area contributed by atoms with E-state index in [1.807, 2.05) is 0 Å². The molecule has 44 valence electrons. The molecule has 0 aliphatic carbocycles. The Morgan fingerprint density at radius 3 is 0.667 bits per heavy atom. The summed E-state index contributed by atoms with van der Waals surface area (Å²) in [6.45, 7) is 0. The molecule has 0 amide bonds. The average molecular weight is 128 g/mol. The van der Waals surface area contributed by atoms with Crippen molar-refractivity contribution >= 4 is 12.5 Å². The maximum Gasteiger partial charge on any atom is 0.197 e. The fraction of sp³-hybridized carbons (Fsp3) is 0. The van der Waals surface area contributed by atoms with Crippen LogP contribution in [0, 0.1) is 0 Å². The molecule has 0 saturated heterocycles. The van der Waals surface area contributed by atoms with Gasteiger partial charge in [-0.1, -0.05) is 0 Å². The largest absolute Gasteiger partial charge is 0.269 e. The highest BCUT2D eigenvalue weighted by Gasteiger charge is 0.734. The third-order valence-electron chi connectivity index (χ3n) is 0. The molecule has 0 atom stereocenters. The molecule has 0 aromatic heterocycles. The first-order valence-electron chi connectivity index (χ1n) is 0.167. The maximum absolute atomic E-state index is 7.83. The Morgan fingerprint density at radius 1 is 0.667 bits per heavy atom. The molecular formula is H4F4OS. The van der Waals surface area contributed by atoms with Gasteiger partial charge in [-0.25, -0.2) is 0 Å². The molecule has 0 unspecified atom stereocenters. The smallest absolute Gasteiger partial charge is 0.197 e. The second kappa shape index (κ2) is 981. The number of rotatable bonds is 0. The Bertz CT molecular complexity index is 7.51. The fourth-order valence-corrected chi connectivity index (χ4v) is 0. The predicted octanol–water partition coefficient (Wildman–Crippen LogP) is 0.274. The first-order chi connectivity index (χ1) is 1.00. The van der Waals surface area contributed by atoms with E-state index in [1.54, 1.807) is 0 Å². The Labute approximate surface area is 36.7 Å². The van der Waals surface area contributed by atoms with Crippen molar-refractivity contribution in [3.8, 4) is 0 Å². The summed E-state index contributed by atoms with van der Waals surface area (Å²) in [4.78, 5) is 0. The van der Waals surface area contributed by atoms with Crippen molar-refractivity contribution in [3.63, 3.8) is 0 Å². The standard InChI is InChI=1S/4FH.OS/c;;;;1-2/h4*1H;. The predicted molar refractivity (Wildman–Crippen MR) is 18.2 cm³/mol. The molecule has 0 spiro atoms. The molecule has 0 saturated carbocycles. The van der Waals surface area contributed by atoms with Gasteiger partial charge in [-0.15, -0.1) is 0 Å². The first-order valence-corrected chi connectivity index (χ1v) is 0.500. The average Bonchev–Trinajstić information content (AvgIpc) is 1.00. The second-order valence-corrected chi connectivity index (χ2v) is 0. The van der Waals surface area contributed by atoms with Crippen LogP contribution in [0.2, 0.25) is 0 Å². The van der Waals surface area contributed by atoms with Gasteiger partial charge in [0, 0.05) is 0 Å². The molecule has 0 radical (unpaired) electrons. The summed E-state index contributed by atoms with van der Waals surface area (Å²) in [5.41, 5.74) is 0. The van der Waals surface area contributed by atoms with Crippen LogP contribution in [0.4, 0.5) is 18.8 Å². The van der Waals surface area contributed by atoms with Gasteiger partial charge in [-0.3, -0.25) is 18.8 Å². The molecule has 0 bridgehead atoms. The summed E-state index contributed by atoms with van der Waals surface area (Å²) in [5.74, 6) is 0. The van der Waals surface area contributed by atoms with Gasteiger partial charge < -0.3 is 0 Å². The molecule has 0 aliphatic rings. The van der Waals surface area contributed by atoms with Crippen molar-refractivity contribution in [2.24, 2.45) is 0 Å². The first kappa shape index (κ1) is 236. The zero-order valence-corrected chi connectivity index (χ0v) is 3.27. The van der Waals surface area contributed by atoms with Gasteiger partial charge in [0.2, 0.25) is 0 Å². The summed E-state index contributed by atoms with van der Waals surface area (Å²) in [7, 11) is 0. The van der Waals surface area contributed by atoms with E-state index in [9.17, 15) is 0 Å². The molecule has 6 heteroatoms. The van der Waals surface area contributed by atoms with Crippen LogP contribution in [0.25, 0.3) is 0 Å². The Morgan fingerprint density at radius 2 is 0.667 bits per heavy atom. The highest BCUT2D eigenvalue weighted by Crippen LogP contribution is 0.558. The Hall–Kier alpha value is -0.260. The van der Waals surface area contributed by atoms with Gasteiger partial charge in [0.25, 0.3) is 0 Å². The lowest BCUT2D eigenvalue weighted by atomic mass is 16.0. The van der Waals surface area contributed by atoms with E-state index in [4.69, 9.17) is 4.21 Å². The van der Waals surface area contributed by atoms with E-state index in [1.165, 1.54) is 0 Å². The maximum atomic E-state index is 7.83. The van der Waals surface area contributed by atoms with Crippen molar-refractivity contribution in [1.29, 1.82) is 0 Å². The second-order valence-electron chi connectivity index (χ2n) is 0. The van der Waals surface area contributed by atoms with E-state index >= 15 is 0 Å². The van der Waals surface area contributed by atoms with Gasteiger partial charge >= 0.3 is 0 Å². The van der Waals surface area contributed by atoms with Gasteiger partial charge in [0.1, 0.15) is 0 Å². The van der Waals surface area contributed by atoms with Crippen LogP contribution in [-0.2, 0) is 12.5 Å². The van der Waals surface area contributed by atoms with Crippen molar-refractivity contribution in [3.05, 3.63) is 0 Å². The molecule has 0 aromatic rings. The monoisotopic (exact) mass is 128 g/mol. The minimum Gasteiger partial charge on any atom is -0.269 e. The third-order valence-corrected chi connectivity index (χ3v) is 0. The van der Waals surface area contributed by atoms with Gasteiger partial charge in [0.05, 0.1) is 0 Å². The van der Waals surface area contributed by atoms with Crippen LogP contribution < -0.4 is 0 Å². The number of hydrogen-bond acceptors (Lipinski definition) is 2. The van der Waals surface area contributed by atoms with Gasteiger partial charge in [-0.05, 0) is 0 Å². The molecule has 0 aromatic carbocycles. The minimum atomic E-state index is 0. The van der Waals surface area contributed by atoms with E-state index < -0.39 is 0 Å². The topological polar surface area (TPSA) is 17.1 Å². The van der Waals surface area contributed by atoms with E-state index in [0.29, 0.717) is 0 Å². The van der Waals surface area contributed by atoms with Gasteiger partial charge in [0.15, 0.2) is 12.5 Å². The van der Waals surface area contributed by atoms with Crippen LogP contribution >= 0.6 is 0 Å². The zero-order valence-electron chi connectivity index (χ0n) is 2.45. The van der Waals surface area contributed by atoms with E-state index in [0.717, 1.165) is 0 Å². The summed E-state index contributed by atoms with van der Waals surface area (Å²) in [5, 5.41) is 0. The van der Waals surface area contributed by atoms with Crippen LogP contribution in [0.15, 0.2) is 0 Å². The van der Waals surface area contributed by atoms with E-state index in [2.05, 4.69) is 12.5 Å². The molecule has 0 aliphatic heterocycles. The van der Waals surface area contributed by atoms with E-state index in [-0.39, 0.29) is 18.8 Å². The van der Waals surface area contributed by atoms with Crippen LogP contribution in [0.1, 0.15) is 0 Å². The molecule has 0 rings (SSSR count). The normalized spacial score (nSPS) is 0.667. The molecule has 0 N–H and O–H groups in total. The number of hydrogen-bond donors (Lipinski definition) is 0. The molecule has 0 heterocycles. The number of halogens is 4. The van der Waals surface area contributed by atoms with Crippen LogP contribution in [-0.4, -0.2) is 4.21 Å². The third kappa shape index (κ3) is 415. The lowest BCUT2D eigenvalue weighted by molar-refractivity contribution is 0.702. The minimum absolute atomic E-state index is 0. The van der Waals surface area contributed by atoms with Crippen LogP contribution in [0.5, 0.6) is 0 Å². The lowest BCUT2D eigenvalue weighted by Gasteiger charge is -0.734. The van der Waals surface area contributed by atoms with Crippen molar-refractivity contribution in [1.82, 2.24) is 0 Å². The van der Waals surface area contributed by atoms with Crippen molar-refractivity contribution in [2.75, 3.05) is 0 Å². The summed E-state index contributed by atoms with van der Waals surface area (Å²) < 4.78 is 7.83. The van der Waals surface area contributed by atoms with Gasteiger partial charge in [-0.2, -0.15) is 4.21 Å². The SMILES string of the molecule is F.F.F.F.O=S. The molecule has 1 nitrogen and oxygen atoms in total. The lowest BCUT2D eigenvalue weighted by Crippen LogP contribution is -0.894. The van der Waals surface area contributed by atoms with Crippen molar-refractivity contribution < 1.29 is 23.0 Å². The zero-order chi connectivity index (χ0) is 2.00. The fourth-order valence-electron chi connectivity index (χ4n) is 0.